The van der Waals surface area contributed by atoms with Crippen LogP contribution in [0.25, 0.3) is 0 Å². The molecule has 1 rings (SSSR count). The molecule has 1 aliphatic heterocycles. The van der Waals surface area contributed by atoms with E-state index in [4.69, 9.17) is 20.3 Å². The predicted molar refractivity (Wildman–Crippen MR) is 63.1 cm³/mol. The highest BCUT2D eigenvalue weighted by Gasteiger charge is 2.32. The van der Waals surface area contributed by atoms with Gasteiger partial charge in [-0.15, -0.1) is 0 Å². The second kappa shape index (κ2) is 7.22. The van der Waals surface area contributed by atoms with Crippen LogP contribution >= 0.6 is 0 Å². The highest BCUT2D eigenvalue weighted by Crippen LogP contribution is 2.17. The molecule has 1 aliphatic rings. The van der Waals surface area contributed by atoms with Crippen molar-refractivity contribution in [2.75, 3.05) is 19.8 Å². The van der Waals surface area contributed by atoms with E-state index < -0.39 is 5.54 Å². The van der Waals surface area contributed by atoms with Crippen LogP contribution in [0.4, 0.5) is 0 Å². The molecule has 4 nitrogen and oxygen atoms in total. The molecular weight excluding hydrogens is 206 g/mol. The number of unbranched alkanes of at least 4 members (excludes halogenated alkanes) is 4. The fourth-order valence-corrected chi connectivity index (χ4v) is 1.78. The first kappa shape index (κ1) is 13.9. The molecule has 4 heteroatoms. The van der Waals surface area contributed by atoms with Crippen molar-refractivity contribution in [1.29, 1.82) is 0 Å². The quantitative estimate of drug-likeness (QED) is 0.650. The van der Waals surface area contributed by atoms with E-state index in [0.717, 1.165) is 12.8 Å². The second-order valence-electron chi connectivity index (χ2n) is 4.77. The summed E-state index contributed by atoms with van der Waals surface area (Å²) in [5.74, 6) is 0. The topological polar surface area (TPSA) is 64.7 Å². The molecule has 0 bridgehead atoms. The zero-order chi connectivity index (χ0) is 11.9. The van der Waals surface area contributed by atoms with Crippen LogP contribution in [0.2, 0.25) is 0 Å². The van der Waals surface area contributed by atoms with Gasteiger partial charge in [-0.05, 0) is 12.8 Å². The first-order valence-corrected chi connectivity index (χ1v) is 6.33. The Bertz CT molecular complexity index is 179. The number of rotatable bonds is 7. The Balaban J connectivity index is 2.04. The van der Waals surface area contributed by atoms with Gasteiger partial charge in [0, 0.05) is 0 Å². The molecule has 1 saturated heterocycles. The van der Waals surface area contributed by atoms with E-state index in [2.05, 4.69) is 6.92 Å². The molecule has 0 atom stereocenters. The Morgan fingerprint density at radius 3 is 2.38 bits per heavy atom. The smallest absolute Gasteiger partial charge is 0.157 e. The van der Waals surface area contributed by atoms with Crippen molar-refractivity contribution in [2.24, 2.45) is 5.73 Å². The average Bonchev–Trinajstić information content (AvgIpc) is 2.31. The highest BCUT2D eigenvalue weighted by molar-refractivity contribution is 4.85. The molecule has 3 N–H and O–H groups in total. The second-order valence-corrected chi connectivity index (χ2v) is 4.77. The van der Waals surface area contributed by atoms with Crippen LogP contribution in [-0.4, -0.2) is 36.8 Å². The fourth-order valence-electron chi connectivity index (χ4n) is 1.78. The highest BCUT2D eigenvalue weighted by atomic mass is 16.7. The minimum atomic E-state index is -0.696. The molecule has 1 fully saturated rings. The number of aliphatic hydroxyl groups excluding tert-OH is 1. The van der Waals surface area contributed by atoms with E-state index in [1.54, 1.807) is 0 Å². The largest absolute Gasteiger partial charge is 0.394 e. The van der Waals surface area contributed by atoms with Crippen LogP contribution in [0.5, 0.6) is 0 Å². The molecule has 96 valence electrons. The summed E-state index contributed by atoms with van der Waals surface area (Å²) in [7, 11) is 0. The van der Waals surface area contributed by atoms with Gasteiger partial charge in [0.15, 0.2) is 6.29 Å². The molecule has 0 aromatic rings. The minimum absolute atomic E-state index is 0.0871. The summed E-state index contributed by atoms with van der Waals surface area (Å²) in [6, 6.07) is 0. The summed E-state index contributed by atoms with van der Waals surface area (Å²) in [5.41, 5.74) is 5.12. The Kier molecular flexibility index (Phi) is 6.28. The maximum Gasteiger partial charge on any atom is 0.157 e. The van der Waals surface area contributed by atoms with Crippen LogP contribution in [0.3, 0.4) is 0 Å². The van der Waals surface area contributed by atoms with E-state index in [-0.39, 0.29) is 12.9 Å². The molecule has 0 aliphatic carbocycles. The van der Waals surface area contributed by atoms with Crippen LogP contribution in [0.15, 0.2) is 0 Å². The summed E-state index contributed by atoms with van der Waals surface area (Å²) in [5, 5.41) is 9.02. The minimum Gasteiger partial charge on any atom is -0.394 e. The van der Waals surface area contributed by atoms with Crippen molar-refractivity contribution in [3.63, 3.8) is 0 Å². The SMILES string of the molecule is CCCCCCCC1OCC(N)(CO)CO1. The van der Waals surface area contributed by atoms with Crippen LogP contribution in [-0.2, 0) is 9.47 Å². The lowest BCUT2D eigenvalue weighted by Crippen LogP contribution is -2.56. The molecule has 0 saturated carbocycles. The lowest BCUT2D eigenvalue weighted by molar-refractivity contribution is -0.214. The summed E-state index contributed by atoms with van der Waals surface area (Å²) in [6.07, 6.45) is 7.06. The standard InChI is InChI=1S/C12H25NO3/c1-2-3-4-5-6-7-11-15-9-12(13,8-14)10-16-11/h11,14H,2-10,13H2,1H3. The van der Waals surface area contributed by atoms with Crippen LogP contribution < -0.4 is 5.73 Å². The van der Waals surface area contributed by atoms with E-state index in [9.17, 15) is 0 Å². The zero-order valence-electron chi connectivity index (χ0n) is 10.3. The predicted octanol–water partition coefficient (Wildman–Crippen LogP) is 1.41. The number of ether oxygens (including phenoxy) is 2. The molecule has 0 unspecified atom stereocenters. The van der Waals surface area contributed by atoms with Gasteiger partial charge < -0.3 is 20.3 Å². The first-order chi connectivity index (χ1) is 7.70. The zero-order valence-corrected chi connectivity index (χ0v) is 10.3. The lowest BCUT2D eigenvalue weighted by atomic mass is 10.0. The normalized spacial score (nSPS) is 30.6. The molecule has 16 heavy (non-hydrogen) atoms. The number of hydrogen-bond donors (Lipinski definition) is 2. The van der Waals surface area contributed by atoms with Gasteiger partial charge in [0.05, 0.1) is 25.4 Å². The van der Waals surface area contributed by atoms with E-state index in [1.165, 1.54) is 25.7 Å². The molecule has 1 heterocycles. The van der Waals surface area contributed by atoms with Crippen molar-refractivity contribution in [3.8, 4) is 0 Å². The fraction of sp³-hybridized carbons (Fsp3) is 1.00. The van der Waals surface area contributed by atoms with Gasteiger partial charge in [0.25, 0.3) is 0 Å². The summed E-state index contributed by atoms with van der Waals surface area (Å²) in [6.45, 7) is 2.91. The lowest BCUT2D eigenvalue weighted by Gasteiger charge is -2.35. The number of hydrogen-bond acceptors (Lipinski definition) is 4. The van der Waals surface area contributed by atoms with Crippen molar-refractivity contribution in [2.45, 2.75) is 57.3 Å². The van der Waals surface area contributed by atoms with Crippen LogP contribution in [0, 0.1) is 0 Å². The summed E-state index contributed by atoms with van der Waals surface area (Å²) >= 11 is 0. The molecule has 0 amide bonds. The van der Waals surface area contributed by atoms with Crippen molar-refractivity contribution >= 4 is 0 Å². The first-order valence-electron chi connectivity index (χ1n) is 6.33. The maximum atomic E-state index is 9.02. The number of aliphatic hydroxyl groups is 1. The Hall–Kier alpha value is -0.160. The van der Waals surface area contributed by atoms with Crippen molar-refractivity contribution in [3.05, 3.63) is 0 Å². The average molecular weight is 231 g/mol. The van der Waals surface area contributed by atoms with Gasteiger partial charge in [-0.3, -0.25) is 0 Å². The Morgan fingerprint density at radius 1 is 1.19 bits per heavy atom. The monoisotopic (exact) mass is 231 g/mol. The third-order valence-electron chi connectivity index (χ3n) is 2.97. The van der Waals surface area contributed by atoms with Gasteiger partial charge in [-0.1, -0.05) is 32.6 Å². The van der Waals surface area contributed by atoms with Crippen molar-refractivity contribution < 1.29 is 14.6 Å². The van der Waals surface area contributed by atoms with Crippen LogP contribution in [0.1, 0.15) is 45.4 Å². The number of nitrogens with two attached hydrogens (primary N) is 1. The van der Waals surface area contributed by atoms with Gasteiger partial charge in [0.2, 0.25) is 0 Å². The molecule has 0 radical (unpaired) electrons. The molecular formula is C12H25NO3. The van der Waals surface area contributed by atoms with Crippen molar-refractivity contribution in [1.82, 2.24) is 0 Å². The molecule has 0 aromatic heterocycles. The summed E-state index contributed by atoms with van der Waals surface area (Å²) < 4.78 is 11.0. The van der Waals surface area contributed by atoms with E-state index in [0.29, 0.717) is 13.2 Å². The molecule has 0 aromatic carbocycles. The van der Waals surface area contributed by atoms with Gasteiger partial charge >= 0.3 is 0 Å². The Morgan fingerprint density at radius 2 is 1.81 bits per heavy atom. The molecule has 0 spiro atoms. The van der Waals surface area contributed by atoms with E-state index in [1.807, 2.05) is 0 Å². The maximum absolute atomic E-state index is 9.02. The summed E-state index contributed by atoms with van der Waals surface area (Å²) in [4.78, 5) is 0. The van der Waals surface area contributed by atoms with E-state index >= 15 is 0 Å². The van der Waals surface area contributed by atoms with Gasteiger partial charge in [0.1, 0.15) is 0 Å². The van der Waals surface area contributed by atoms with Gasteiger partial charge in [-0.2, -0.15) is 0 Å². The van der Waals surface area contributed by atoms with Gasteiger partial charge in [-0.25, -0.2) is 0 Å². The third-order valence-corrected chi connectivity index (χ3v) is 2.97. The Labute approximate surface area is 98.1 Å². The third kappa shape index (κ3) is 4.78.